The van der Waals surface area contributed by atoms with E-state index < -0.39 is 5.41 Å². The van der Waals surface area contributed by atoms with E-state index in [0.29, 0.717) is 19.4 Å². The van der Waals surface area contributed by atoms with Crippen molar-refractivity contribution in [3.63, 3.8) is 0 Å². The van der Waals surface area contributed by atoms with Gasteiger partial charge in [-0.2, -0.15) is 0 Å². The van der Waals surface area contributed by atoms with E-state index in [1.54, 1.807) is 0 Å². The molecule has 5 nitrogen and oxygen atoms in total. The summed E-state index contributed by atoms with van der Waals surface area (Å²) < 4.78 is 0. The first-order chi connectivity index (χ1) is 9.58. The molecule has 1 aromatic carbocycles. The highest BCUT2D eigenvalue weighted by Gasteiger charge is 2.45. The van der Waals surface area contributed by atoms with Crippen molar-refractivity contribution < 1.29 is 10.0 Å². The Kier molecular flexibility index (Phi) is 4.27. The van der Waals surface area contributed by atoms with E-state index in [1.165, 1.54) is 5.56 Å². The van der Waals surface area contributed by atoms with Crippen LogP contribution in [-0.4, -0.2) is 17.0 Å². The number of hydrogen-bond acceptors (Lipinski definition) is 3. The fourth-order valence-electron chi connectivity index (χ4n) is 2.73. The Morgan fingerprint density at radius 2 is 1.95 bits per heavy atom. The molecule has 0 bridgehead atoms. The van der Waals surface area contributed by atoms with Crippen LogP contribution in [0.3, 0.4) is 0 Å². The summed E-state index contributed by atoms with van der Waals surface area (Å²) >= 11 is 0. The molecular formula is C15H21N3O2. The maximum atomic E-state index is 12.4. The third kappa shape index (κ3) is 2.76. The molecule has 1 aromatic rings. The predicted molar refractivity (Wildman–Crippen MR) is 77.3 cm³/mol. The minimum Gasteiger partial charge on any atom is -0.409 e. The van der Waals surface area contributed by atoms with Crippen LogP contribution >= 0.6 is 0 Å². The van der Waals surface area contributed by atoms with Crippen molar-refractivity contribution in [2.75, 3.05) is 0 Å². The molecule has 0 aliphatic heterocycles. The van der Waals surface area contributed by atoms with Gasteiger partial charge < -0.3 is 16.3 Å². The summed E-state index contributed by atoms with van der Waals surface area (Å²) in [7, 11) is 0. The lowest BCUT2D eigenvalue weighted by Gasteiger charge is -2.26. The first-order valence-electron chi connectivity index (χ1n) is 6.90. The normalized spacial score (nSPS) is 17.9. The highest BCUT2D eigenvalue weighted by Crippen LogP contribution is 2.38. The Morgan fingerprint density at radius 1 is 1.35 bits per heavy atom. The molecule has 1 amide bonds. The molecule has 0 aromatic heterocycles. The van der Waals surface area contributed by atoms with E-state index in [9.17, 15) is 4.79 Å². The number of hydrogen-bond donors (Lipinski definition) is 3. The average Bonchev–Trinajstić information content (AvgIpc) is 2.96. The van der Waals surface area contributed by atoms with Gasteiger partial charge in [-0.05, 0) is 25.3 Å². The molecule has 108 valence electrons. The fraction of sp³-hybridized carbons (Fsp3) is 0.467. The van der Waals surface area contributed by atoms with Crippen LogP contribution in [0.2, 0.25) is 0 Å². The van der Waals surface area contributed by atoms with Crippen LogP contribution in [0.25, 0.3) is 0 Å². The quantitative estimate of drug-likeness (QED) is 0.339. The fourth-order valence-corrected chi connectivity index (χ4v) is 2.73. The number of oxime groups is 1. The molecule has 1 aliphatic carbocycles. The highest BCUT2D eigenvalue weighted by molar-refractivity contribution is 6.07. The van der Waals surface area contributed by atoms with Gasteiger partial charge in [0.05, 0.1) is 0 Å². The molecule has 1 fully saturated rings. The third-order valence-corrected chi connectivity index (χ3v) is 4.06. The maximum Gasteiger partial charge on any atom is 0.234 e. The van der Waals surface area contributed by atoms with Crippen molar-refractivity contribution in [3.8, 4) is 0 Å². The first-order valence-corrected chi connectivity index (χ1v) is 6.90. The number of carbonyl (C=O) groups is 1. The number of amides is 1. The molecule has 20 heavy (non-hydrogen) atoms. The third-order valence-electron chi connectivity index (χ3n) is 4.06. The van der Waals surface area contributed by atoms with E-state index >= 15 is 0 Å². The summed E-state index contributed by atoms with van der Waals surface area (Å²) in [6.45, 7) is 2.48. The molecule has 2 rings (SSSR count). The molecule has 0 unspecified atom stereocenters. The standard InChI is InChI=1S/C15H21N3O2/c1-11-4-6-12(7-5-11)10-17-14(19)15(13(16)18-20)8-2-3-9-15/h4-7,20H,2-3,8-10H2,1H3,(H2,16,18)(H,17,19). The molecule has 0 saturated heterocycles. The lowest BCUT2D eigenvalue weighted by molar-refractivity contribution is -0.127. The summed E-state index contributed by atoms with van der Waals surface area (Å²) in [5, 5.41) is 14.9. The molecule has 0 atom stereocenters. The number of carbonyl (C=O) groups excluding carboxylic acids is 1. The Bertz CT molecular complexity index is 502. The monoisotopic (exact) mass is 275 g/mol. The van der Waals surface area contributed by atoms with Gasteiger partial charge in [0.2, 0.25) is 5.91 Å². The number of nitrogens with one attached hydrogen (secondary N) is 1. The van der Waals surface area contributed by atoms with Crippen LogP contribution in [0.15, 0.2) is 29.4 Å². The summed E-state index contributed by atoms with van der Waals surface area (Å²) in [4.78, 5) is 12.4. The highest BCUT2D eigenvalue weighted by atomic mass is 16.4. The molecule has 0 heterocycles. The van der Waals surface area contributed by atoms with E-state index in [4.69, 9.17) is 10.9 Å². The number of nitrogens with zero attached hydrogens (tertiary/aromatic N) is 1. The van der Waals surface area contributed by atoms with Crippen LogP contribution in [0.4, 0.5) is 0 Å². The molecule has 4 N–H and O–H groups in total. The van der Waals surface area contributed by atoms with Gasteiger partial charge in [-0.25, -0.2) is 0 Å². The molecule has 0 radical (unpaired) electrons. The average molecular weight is 275 g/mol. The summed E-state index contributed by atoms with van der Waals surface area (Å²) in [6.07, 6.45) is 3.13. The summed E-state index contributed by atoms with van der Waals surface area (Å²) in [6, 6.07) is 7.99. The van der Waals surface area contributed by atoms with Gasteiger partial charge in [0.15, 0.2) is 5.84 Å². The van der Waals surface area contributed by atoms with Crippen LogP contribution in [-0.2, 0) is 11.3 Å². The number of benzene rings is 1. The lowest BCUT2D eigenvalue weighted by atomic mass is 9.83. The van der Waals surface area contributed by atoms with Crippen molar-refractivity contribution in [2.45, 2.75) is 39.2 Å². The van der Waals surface area contributed by atoms with Crippen LogP contribution in [0, 0.1) is 12.3 Å². The number of rotatable bonds is 4. The number of aryl methyl sites for hydroxylation is 1. The maximum absolute atomic E-state index is 12.4. The number of nitrogens with two attached hydrogens (primary N) is 1. The van der Waals surface area contributed by atoms with Crippen molar-refractivity contribution in [2.24, 2.45) is 16.3 Å². The van der Waals surface area contributed by atoms with Gasteiger partial charge in [-0.15, -0.1) is 0 Å². The zero-order valence-electron chi connectivity index (χ0n) is 11.7. The second kappa shape index (κ2) is 5.94. The lowest BCUT2D eigenvalue weighted by Crippen LogP contribution is -2.48. The largest absolute Gasteiger partial charge is 0.409 e. The van der Waals surface area contributed by atoms with Crippen LogP contribution < -0.4 is 11.1 Å². The number of amidine groups is 1. The second-order valence-electron chi connectivity index (χ2n) is 5.44. The van der Waals surface area contributed by atoms with Gasteiger partial charge >= 0.3 is 0 Å². The molecule has 5 heteroatoms. The second-order valence-corrected chi connectivity index (χ2v) is 5.44. The van der Waals surface area contributed by atoms with Gasteiger partial charge in [0.1, 0.15) is 5.41 Å². The van der Waals surface area contributed by atoms with Crippen molar-refractivity contribution in [3.05, 3.63) is 35.4 Å². The van der Waals surface area contributed by atoms with Gasteiger partial charge in [0, 0.05) is 6.54 Å². The van der Waals surface area contributed by atoms with Crippen molar-refractivity contribution >= 4 is 11.7 Å². The van der Waals surface area contributed by atoms with Gasteiger partial charge in [-0.3, -0.25) is 4.79 Å². The minimum atomic E-state index is -0.834. The van der Waals surface area contributed by atoms with Crippen LogP contribution in [0.5, 0.6) is 0 Å². The minimum absolute atomic E-state index is 0.0245. The SMILES string of the molecule is Cc1ccc(CNC(=O)C2(C(N)=NO)CCCC2)cc1. The molecule has 0 spiro atoms. The van der Waals surface area contributed by atoms with Gasteiger partial charge in [0.25, 0.3) is 0 Å². The smallest absolute Gasteiger partial charge is 0.234 e. The van der Waals surface area contributed by atoms with E-state index in [0.717, 1.165) is 18.4 Å². The predicted octanol–water partition coefficient (Wildman–Crippen LogP) is 1.92. The zero-order valence-corrected chi connectivity index (χ0v) is 11.7. The Balaban J connectivity index is 2.04. The summed E-state index contributed by atoms with van der Waals surface area (Å²) in [5.41, 5.74) is 7.13. The molecular weight excluding hydrogens is 254 g/mol. The van der Waals surface area contributed by atoms with Gasteiger partial charge in [-0.1, -0.05) is 47.8 Å². The van der Waals surface area contributed by atoms with Crippen molar-refractivity contribution in [1.29, 1.82) is 0 Å². The van der Waals surface area contributed by atoms with Crippen molar-refractivity contribution in [1.82, 2.24) is 5.32 Å². The van der Waals surface area contributed by atoms with Crippen LogP contribution in [0.1, 0.15) is 36.8 Å². The topological polar surface area (TPSA) is 87.7 Å². The molecule has 1 saturated carbocycles. The Labute approximate surface area is 118 Å². The summed E-state index contributed by atoms with van der Waals surface area (Å²) in [5.74, 6) is -0.123. The Hall–Kier alpha value is -2.04. The van der Waals surface area contributed by atoms with E-state index in [1.807, 2.05) is 31.2 Å². The zero-order chi connectivity index (χ0) is 14.6. The Morgan fingerprint density at radius 3 is 2.50 bits per heavy atom. The van der Waals surface area contributed by atoms with E-state index in [-0.39, 0.29) is 11.7 Å². The van der Waals surface area contributed by atoms with E-state index in [2.05, 4.69) is 10.5 Å². The first kappa shape index (κ1) is 14.4. The molecule has 1 aliphatic rings.